The van der Waals surface area contributed by atoms with E-state index in [2.05, 4.69) is 14.9 Å². The second kappa shape index (κ2) is 8.65. The standard InChI is InChI=1S/C21H27N5O2/c1-2-19(27)26-8-4-6-17(15-26)20-18(16-5-3-7-22-13-16)14-23-21(24-20)25-9-11-28-12-10-25/h3,5,7,13-14,17H,2,4,6,8-12,15H2,1H3/t17-/m1/s1. The third kappa shape index (κ3) is 3.99. The monoisotopic (exact) mass is 381 g/mol. The molecule has 2 aromatic heterocycles. The molecule has 2 aliphatic rings. The molecule has 1 amide bonds. The summed E-state index contributed by atoms with van der Waals surface area (Å²) < 4.78 is 5.46. The van der Waals surface area contributed by atoms with E-state index in [1.165, 1.54) is 0 Å². The zero-order valence-electron chi connectivity index (χ0n) is 16.4. The molecular formula is C21H27N5O2. The predicted octanol–water partition coefficient (Wildman–Crippen LogP) is 2.49. The van der Waals surface area contributed by atoms with Crippen LogP contribution in [0.25, 0.3) is 11.1 Å². The number of hydrogen-bond donors (Lipinski definition) is 0. The summed E-state index contributed by atoms with van der Waals surface area (Å²) in [6.07, 6.45) is 8.12. The fourth-order valence-electron chi connectivity index (χ4n) is 4.01. The van der Waals surface area contributed by atoms with Crippen molar-refractivity contribution in [2.24, 2.45) is 0 Å². The number of hydrogen-bond acceptors (Lipinski definition) is 6. The summed E-state index contributed by atoms with van der Waals surface area (Å²) in [6, 6.07) is 3.98. The summed E-state index contributed by atoms with van der Waals surface area (Å²) >= 11 is 0. The SMILES string of the molecule is CCC(=O)N1CCC[C@@H](c2nc(N3CCOCC3)ncc2-c2cccnc2)C1. The summed E-state index contributed by atoms with van der Waals surface area (Å²) in [5, 5.41) is 0. The van der Waals surface area contributed by atoms with Crippen LogP contribution in [0.3, 0.4) is 0 Å². The van der Waals surface area contributed by atoms with Gasteiger partial charge in [-0.25, -0.2) is 9.97 Å². The van der Waals surface area contributed by atoms with Crippen molar-refractivity contribution in [2.75, 3.05) is 44.3 Å². The summed E-state index contributed by atoms with van der Waals surface area (Å²) in [5.41, 5.74) is 3.06. The molecule has 4 heterocycles. The first-order valence-electron chi connectivity index (χ1n) is 10.1. The summed E-state index contributed by atoms with van der Waals surface area (Å²) in [4.78, 5) is 30.4. The quantitative estimate of drug-likeness (QED) is 0.810. The molecule has 0 radical (unpaired) electrons. The van der Waals surface area contributed by atoms with Gasteiger partial charge in [0, 0.05) is 68.2 Å². The predicted molar refractivity (Wildman–Crippen MR) is 107 cm³/mol. The van der Waals surface area contributed by atoms with E-state index in [0.717, 1.165) is 61.8 Å². The lowest BCUT2D eigenvalue weighted by Gasteiger charge is -2.34. The number of carbonyl (C=O) groups excluding carboxylic acids is 1. The second-order valence-corrected chi connectivity index (χ2v) is 7.34. The minimum absolute atomic E-state index is 0.210. The molecule has 7 heteroatoms. The molecule has 0 saturated carbocycles. The lowest BCUT2D eigenvalue weighted by atomic mass is 9.90. The van der Waals surface area contributed by atoms with Gasteiger partial charge in [0.05, 0.1) is 18.9 Å². The minimum Gasteiger partial charge on any atom is -0.378 e. The first kappa shape index (κ1) is 18.8. The van der Waals surface area contributed by atoms with Crippen LogP contribution in [0.15, 0.2) is 30.7 Å². The molecule has 7 nitrogen and oxygen atoms in total. The number of nitrogens with zero attached hydrogens (tertiary/aromatic N) is 5. The van der Waals surface area contributed by atoms with E-state index in [1.54, 1.807) is 6.20 Å². The Morgan fingerprint density at radius 3 is 2.86 bits per heavy atom. The van der Waals surface area contributed by atoms with Crippen LogP contribution in [0.5, 0.6) is 0 Å². The molecule has 0 aromatic carbocycles. The van der Waals surface area contributed by atoms with Crippen LogP contribution in [0.2, 0.25) is 0 Å². The number of pyridine rings is 1. The Hall–Kier alpha value is -2.54. The van der Waals surface area contributed by atoms with Gasteiger partial charge in [0.1, 0.15) is 0 Å². The van der Waals surface area contributed by atoms with Crippen molar-refractivity contribution >= 4 is 11.9 Å². The fourth-order valence-corrected chi connectivity index (χ4v) is 4.01. The molecule has 4 rings (SSSR count). The number of likely N-dealkylation sites (tertiary alicyclic amines) is 1. The lowest BCUT2D eigenvalue weighted by Crippen LogP contribution is -2.40. The average molecular weight is 381 g/mol. The largest absolute Gasteiger partial charge is 0.378 e. The van der Waals surface area contributed by atoms with Gasteiger partial charge in [0.15, 0.2) is 0 Å². The molecule has 0 N–H and O–H groups in total. The van der Waals surface area contributed by atoms with Gasteiger partial charge in [-0.3, -0.25) is 9.78 Å². The molecule has 2 aromatic rings. The number of amides is 1. The van der Waals surface area contributed by atoms with Crippen molar-refractivity contribution < 1.29 is 9.53 Å². The van der Waals surface area contributed by atoms with Gasteiger partial charge in [0.25, 0.3) is 0 Å². The second-order valence-electron chi connectivity index (χ2n) is 7.34. The van der Waals surface area contributed by atoms with Gasteiger partial charge in [-0.2, -0.15) is 0 Å². The molecule has 0 unspecified atom stereocenters. The van der Waals surface area contributed by atoms with Gasteiger partial charge in [0.2, 0.25) is 11.9 Å². The maximum Gasteiger partial charge on any atom is 0.225 e. The van der Waals surface area contributed by atoms with E-state index in [4.69, 9.17) is 9.72 Å². The van der Waals surface area contributed by atoms with Crippen molar-refractivity contribution in [3.05, 3.63) is 36.4 Å². The minimum atomic E-state index is 0.210. The maximum absolute atomic E-state index is 12.3. The smallest absolute Gasteiger partial charge is 0.225 e. The Kier molecular flexibility index (Phi) is 5.81. The van der Waals surface area contributed by atoms with E-state index in [0.29, 0.717) is 19.6 Å². The Balaban J connectivity index is 1.70. The van der Waals surface area contributed by atoms with Crippen LogP contribution in [-0.4, -0.2) is 65.2 Å². The van der Waals surface area contributed by atoms with Crippen molar-refractivity contribution in [2.45, 2.75) is 32.1 Å². The van der Waals surface area contributed by atoms with Crippen molar-refractivity contribution in [1.82, 2.24) is 19.9 Å². The number of morpholine rings is 1. The van der Waals surface area contributed by atoms with Crippen LogP contribution in [0, 0.1) is 0 Å². The first-order chi connectivity index (χ1) is 13.8. The number of rotatable bonds is 4. The first-order valence-corrected chi connectivity index (χ1v) is 10.1. The average Bonchev–Trinajstić information content (AvgIpc) is 2.79. The summed E-state index contributed by atoms with van der Waals surface area (Å²) in [5.74, 6) is 1.18. The molecule has 28 heavy (non-hydrogen) atoms. The normalized spacial score (nSPS) is 20.2. The Labute approximate surface area is 165 Å². The molecule has 148 valence electrons. The fraction of sp³-hybridized carbons (Fsp3) is 0.524. The molecule has 2 saturated heterocycles. The Morgan fingerprint density at radius 1 is 1.25 bits per heavy atom. The number of ether oxygens (including phenoxy) is 1. The van der Waals surface area contributed by atoms with E-state index >= 15 is 0 Å². The highest BCUT2D eigenvalue weighted by Gasteiger charge is 2.28. The topological polar surface area (TPSA) is 71.5 Å². The number of anilines is 1. The molecule has 1 atom stereocenters. The van der Waals surface area contributed by atoms with Crippen LogP contribution in [0.1, 0.15) is 37.8 Å². The summed E-state index contributed by atoms with van der Waals surface area (Å²) in [6.45, 7) is 6.49. The van der Waals surface area contributed by atoms with E-state index in [1.807, 2.05) is 36.4 Å². The van der Waals surface area contributed by atoms with Crippen LogP contribution < -0.4 is 4.90 Å². The molecular weight excluding hydrogens is 354 g/mol. The van der Waals surface area contributed by atoms with Gasteiger partial charge in [-0.05, 0) is 18.9 Å². The van der Waals surface area contributed by atoms with Gasteiger partial charge >= 0.3 is 0 Å². The van der Waals surface area contributed by atoms with Crippen molar-refractivity contribution in [3.8, 4) is 11.1 Å². The lowest BCUT2D eigenvalue weighted by molar-refractivity contribution is -0.132. The van der Waals surface area contributed by atoms with Crippen molar-refractivity contribution in [1.29, 1.82) is 0 Å². The van der Waals surface area contributed by atoms with Crippen molar-refractivity contribution in [3.63, 3.8) is 0 Å². The molecule has 2 fully saturated rings. The van der Waals surface area contributed by atoms with E-state index in [9.17, 15) is 4.79 Å². The van der Waals surface area contributed by atoms with Gasteiger partial charge in [-0.15, -0.1) is 0 Å². The highest BCUT2D eigenvalue weighted by atomic mass is 16.5. The highest BCUT2D eigenvalue weighted by Crippen LogP contribution is 2.34. The zero-order valence-corrected chi connectivity index (χ0v) is 16.4. The number of aromatic nitrogens is 3. The van der Waals surface area contributed by atoms with E-state index < -0.39 is 0 Å². The van der Waals surface area contributed by atoms with Crippen LogP contribution in [-0.2, 0) is 9.53 Å². The Morgan fingerprint density at radius 2 is 2.11 bits per heavy atom. The Bertz CT molecular complexity index is 808. The number of piperidine rings is 1. The number of carbonyl (C=O) groups is 1. The molecule has 0 bridgehead atoms. The third-order valence-corrected chi connectivity index (χ3v) is 5.54. The van der Waals surface area contributed by atoms with Crippen LogP contribution >= 0.6 is 0 Å². The maximum atomic E-state index is 12.3. The summed E-state index contributed by atoms with van der Waals surface area (Å²) in [7, 11) is 0. The molecule has 0 aliphatic carbocycles. The molecule has 0 spiro atoms. The van der Waals surface area contributed by atoms with Gasteiger partial charge < -0.3 is 14.5 Å². The third-order valence-electron chi connectivity index (χ3n) is 5.54. The molecule has 2 aliphatic heterocycles. The van der Waals surface area contributed by atoms with Crippen LogP contribution in [0.4, 0.5) is 5.95 Å². The zero-order chi connectivity index (χ0) is 19.3. The van der Waals surface area contributed by atoms with Gasteiger partial charge in [-0.1, -0.05) is 13.0 Å². The highest BCUT2D eigenvalue weighted by molar-refractivity contribution is 5.76. The van der Waals surface area contributed by atoms with E-state index in [-0.39, 0.29) is 11.8 Å².